The van der Waals surface area contributed by atoms with Crippen molar-refractivity contribution >= 4 is 43.5 Å². The molecule has 8 rings (SSSR count). The standard InChI is InChI=1S/C38H24O/c1-3-12-25(13-4-1)27-22-23-34-33(24-27)38-32(20-11-21-35(38)39-34)37-30-18-9-7-16-28(30)36(26-14-5-2-6-15-26)29-17-8-10-19-31(29)37/h1-24H/i2D,5D,6D,14D,15D. The molecule has 1 heterocycles. The van der Waals surface area contributed by atoms with Gasteiger partial charge in [0, 0.05) is 10.8 Å². The molecule has 1 aromatic heterocycles. The van der Waals surface area contributed by atoms with Crippen molar-refractivity contribution in [2.75, 3.05) is 0 Å². The van der Waals surface area contributed by atoms with Crippen LogP contribution < -0.4 is 0 Å². The number of furan rings is 1. The molecule has 0 aliphatic heterocycles. The Morgan fingerprint density at radius 3 is 1.77 bits per heavy atom. The van der Waals surface area contributed by atoms with E-state index in [1.54, 1.807) is 0 Å². The Morgan fingerprint density at radius 1 is 0.436 bits per heavy atom. The summed E-state index contributed by atoms with van der Waals surface area (Å²) in [6.07, 6.45) is 0. The number of fused-ring (bicyclic) bond motifs is 5. The van der Waals surface area contributed by atoms with Crippen LogP contribution in [-0.4, -0.2) is 0 Å². The van der Waals surface area contributed by atoms with Crippen molar-refractivity contribution in [3.8, 4) is 33.4 Å². The van der Waals surface area contributed by atoms with Crippen molar-refractivity contribution in [1.82, 2.24) is 0 Å². The van der Waals surface area contributed by atoms with Gasteiger partial charge < -0.3 is 4.42 Å². The lowest BCUT2D eigenvalue weighted by atomic mass is 9.85. The molecule has 0 N–H and O–H groups in total. The largest absolute Gasteiger partial charge is 0.456 e. The monoisotopic (exact) mass is 501 g/mol. The molecule has 0 saturated carbocycles. The minimum absolute atomic E-state index is 0.203. The van der Waals surface area contributed by atoms with E-state index in [-0.39, 0.29) is 29.7 Å². The van der Waals surface area contributed by atoms with E-state index in [0.29, 0.717) is 5.56 Å². The van der Waals surface area contributed by atoms with Crippen molar-refractivity contribution in [1.29, 1.82) is 0 Å². The SMILES string of the molecule is [2H]c1c([2H])c([2H])c(-c2c3ccccc3c(-c3cccc4oc5ccc(-c6ccccc6)cc5c34)c3ccccc23)c([2H])c1[2H]. The summed E-state index contributed by atoms with van der Waals surface area (Å²) in [6, 6.07) is 37.0. The van der Waals surface area contributed by atoms with Gasteiger partial charge in [-0.3, -0.25) is 0 Å². The summed E-state index contributed by atoms with van der Waals surface area (Å²) in [6.45, 7) is 0. The number of hydrogen-bond acceptors (Lipinski definition) is 1. The third-order valence-corrected chi connectivity index (χ3v) is 7.55. The highest BCUT2D eigenvalue weighted by atomic mass is 16.3. The maximum atomic E-state index is 8.82. The Hall–Kier alpha value is -5.14. The highest BCUT2D eigenvalue weighted by Gasteiger charge is 2.20. The van der Waals surface area contributed by atoms with Gasteiger partial charge in [0.2, 0.25) is 0 Å². The minimum Gasteiger partial charge on any atom is -0.456 e. The van der Waals surface area contributed by atoms with Crippen molar-refractivity contribution in [3.05, 3.63) is 145 Å². The molecule has 1 heteroatoms. The van der Waals surface area contributed by atoms with Crippen LogP contribution in [0, 0.1) is 0 Å². The van der Waals surface area contributed by atoms with Crippen molar-refractivity contribution < 1.29 is 11.3 Å². The number of benzene rings is 7. The van der Waals surface area contributed by atoms with Gasteiger partial charge in [-0.15, -0.1) is 0 Å². The Balaban J connectivity index is 1.52. The van der Waals surface area contributed by atoms with Crippen LogP contribution in [0.25, 0.3) is 76.9 Å². The van der Waals surface area contributed by atoms with E-state index in [4.69, 9.17) is 11.3 Å². The molecule has 0 aliphatic carbocycles. The predicted octanol–water partition coefficient (Wildman–Crippen LogP) is 10.9. The Bertz CT molecular complexity index is 2360. The van der Waals surface area contributed by atoms with Crippen molar-refractivity contribution in [2.45, 2.75) is 0 Å². The molecule has 0 amide bonds. The average molecular weight is 502 g/mol. The Morgan fingerprint density at radius 2 is 1.08 bits per heavy atom. The topological polar surface area (TPSA) is 13.1 Å². The van der Waals surface area contributed by atoms with Gasteiger partial charge in [-0.05, 0) is 73.1 Å². The van der Waals surface area contributed by atoms with E-state index < -0.39 is 6.04 Å². The fourth-order valence-corrected chi connectivity index (χ4v) is 5.91. The van der Waals surface area contributed by atoms with Crippen LogP contribution in [0.4, 0.5) is 0 Å². The first-order valence-corrected chi connectivity index (χ1v) is 13.0. The fraction of sp³-hybridized carbons (Fsp3) is 0. The molecule has 0 aliphatic rings. The second-order valence-electron chi connectivity index (χ2n) is 9.70. The van der Waals surface area contributed by atoms with Crippen molar-refractivity contribution in [2.24, 2.45) is 0 Å². The zero-order valence-electron chi connectivity index (χ0n) is 25.9. The summed E-state index contributed by atoms with van der Waals surface area (Å²) in [7, 11) is 0. The normalized spacial score (nSPS) is 13.4. The zero-order chi connectivity index (χ0) is 30.1. The summed E-state index contributed by atoms with van der Waals surface area (Å²) >= 11 is 0. The van der Waals surface area contributed by atoms with E-state index in [1.165, 1.54) is 0 Å². The third-order valence-electron chi connectivity index (χ3n) is 7.55. The lowest BCUT2D eigenvalue weighted by Crippen LogP contribution is -1.91. The van der Waals surface area contributed by atoms with E-state index in [0.717, 1.165) is 65.7 Å². The predicted molar refractivity (Wildman–Crippen MR) is 165 cm³/mol. The molecular weight excluding hydrogens is 472 g/mol. The third kappa shape index (κ3) is 3.41. The molecule has 0 spiro atoms. The number of rotatable bonds is 3. The van der Waals surface area contributed by atoms with E-state index >= 15 is 0 Å². The molecule has 0 saturated heterocycles. The molecule has 0 atom stereocenters. The molecule has 0 unspecified atom stereocenters. The molecule has 39 heavy (non-hydrogen) atoms. The highest BCUT2D eigenvalue weighted by molar-refractivity contribution is 6.25. The summed E-state index contributed by atoms with van der Waals surface area (Å²) in [5.41, 5.74) is 6.66. The quantitative estimate of drug-likeness (QED) is 0.219. The van der Waals surface area contributed by atoms with Crippen molar-refractivity contribution in [3.63, 3.8) is 0 Å². The van der Waals surface area contributed by atoms with Crippen LogP contribution >= 0.6 is 0 Å². The summed E-state index contributed by atoms with van der Waals surface area (Å²) in [4.78, 5) is 0. The molecule has 1 nitrogen and oxygen atoms in total. The maximum absolute atomic E-state index is 8.82. The fourth-order valence-electron chi connectivity index (χ4n) is 5.91. The first kappa shape index (κ1) is 17.4. The van der Waals surface area contributed by atoms with Gasteiger partial charge in [0.05, 0.1) is 6.85 Å². The summed E-state index contributed by atoms with van der Waals surface area (Å²) < 4.78 is 49.0. The van der Waals surface area contributed by atoms with Crippen LogP contribution in [0.5, 0.6) is 0 Å². The minimum atomic E-state index is -0.401. The van der Waals surface area contributed by atoms with Crippen LogP contribution in [0.1, 0.15) is 6.85 Å². The lowest BCUT2D eigenvalue weighted by molar-refractivity contribution is 0.669. The van der Waals surface area contributed by atoms with Gasteiger partial charge in [-0.2, -0.15) is 0 Å². The number of hydrogen-bond donors (Lipinski definition) is 0. The van der Waals surface area contributed by atoms with E-state index in [2.05, 4.69) is 30.3 Å². The Labute approximate surface area is 233 Å². The van der Waals surface area contributed by atoms with Gasteiger partial charge >= 0.3 is 0 Å². The molecule has 0 radical (unpaired) electrons. The van der Waals surface area contributed by atoms with Crippen LogP contribution in [0.3, 0.4) is 0 Å². The van der Waals surface area contributed by atoms with Gasteiger partial charge in [0.25, 0.3) is 0 Å². The van der Waals surface area contributed by atoms with Crippen LogP contribution in [-0.2, 0) is 0 Å². The molecule has 8 aromatic rings. The second-order valence-corrected chi connectivity index (χ2v) is 9.70. The maximum Gasteiger partial charge on any atom is 0.136 e. The zero-order valence-corrected chi connectivity index (χ0v) is 20.9. The van der Waals surface area contributed by atoms with Gasteiger partial charge in [-0.1, -0.05) is 127 Å². The molecule has 0 fully saturated rings. The smallest absolute Gasteiger partial charge is 0.136 e. The second kappa shape index (κ2) is 8.72. The van der Waals surface area contributed by atoms with Crippen LogP contribution in [0.15, 0.2) is 150 Å². The van der Waals surface area contributed by atoms with E-state index in [1.807, 2.05) is 84.9 Å². The summed E-state index contributed by atoms with van der Waals surface area (Å²) in [5, 5.41) is 5.50. The average Bonchev–Trinajstić information content (AvgIpc) is 3.45. The summed E-state index contributed by atoms with van der Waals surface area (Å²) in [5.74, 6) is 0. The van der Waals surface area contributed by atoms with Crippen LogP contribution in [0.2, 0.25) is 0 Å². The first-order valence-electron chi connectivity index (χ1n) is 15.5. The molecule has 182 valence electrons. The highest BCUT2D eigenvalue weighted by Crippen LogP contribution is 2.47. The molecular formula is C38H24O. The Kier molecular flexibility index (Phi) is 3.89. The van der Waals surface area contributed by atoms with Gasteiger partial charge in [0.1, 0.15) is 11.2 Å². The molecule has 0 bridgehead atoms. The first-order chi connectivity index (χ1) is 21.4. The molecule has 7 aromatic carbocycles. The lowest BCUT2D eigenvalue weighted by Gasteiger charge is -2.18. The van der Waals surface area contributed by atoms with Gasteiger partial charge in [0.15, 0.2) is 0 Å². The van der Waals surface area contributed by atoms with E-state index in [9.17, 15) is 0 Å². The van der Waals surface area contributed by atoms with Gasteiger partial charge in [-0.25, -0.2) is 0 Å².